The van der Waals surface area contributed by atoms with E-state index in [0.717, 1.165) is 11.4 Å². The van der Waals surface area contributed by atoms with Crippen LogP contribution in [0.5, 0.6) is 0 Å². The average molecular weight is 312 g/mol. The molecule has 0 aliphatic carbocycles. The molecule has 0 radical (unpaired) electrons. The van der Waals surface area contributed by atoms with Crippen LogP contribution in [0.3, 0.4) is 0 Å². The van der Waals surface area contributed by atoms with Crippen LogP contribution < -0.4 is 5.32 Å². The van der Waals surface area contributed by atoms with Crippen LogP contribution in [0.4, 0.5) is 0 Å². The van der Waals surface area contributed by atoms with Gasteiger partial charge in [-0.1, -0.05) is 17.3 Å². The zero-order valence-electron chi connectivity index (χ0n) is 12.6. The Labute approximate surface area is 132 Å². The maximum atomic E-state index is 12.1. The van der Waals surface area contributed by atoms with E-state index in [4.69, 9.17) is 0 Å². The first-order valence-corrected chi connectivity index (χ1v) is 7.16. The predicted octanol–water partition coefficient (Wildman–Crippen LogP) is 0.0513. The minimum Gasteiger partial charge on any atom is -0.350 e. The standard InChI is InChI=1S/C14H16N8O/c1-11-17-18-20-22(11)10-12-2-4-13(5-3-12)14(23)15-6-8-21-9-7-16-19-21/h2-5,7,9H,6,8,10H2,1H3,(H,15,23). The summed E-state index contributed by atoms with van der Waals surface area (Å²) in [6, 6.07) is 7.38. The Balaban J connectivity index is 1.54. The summed E-state index contributed by atoms with van der Waals surface area (Å²) < 4.78 is 3.37. The fourth-order valence-corrected chi connectivity index (χ4v) is 2.07. The van der Waals surface area contributed by atoms with E-state index in [2.05, 4.69) is 31.2 Å². The van der Waals surface area contributed by atoms with Crippen molar-refractivity contribution >= 4 is 5.91 Å². The van der Waals surface area contributed by atoms with Crippen molar-refractivity contribution in [3.63, 3.8) is 0 Å². The van der Waals surface area contributed by atoms with Crippen LogP contribution in [0.1, 0.15) is 21.7 Å². The Kier molecular flexibility index (Phi) is 4.37. The predicted molar refractivity (Wildman–Crippen MR) is 80.5 cm³/mol. The topological polar surface area (TPSA) is 103 Å². The molecule has 0 saturated carbocycles. The first-order chi connectivity index (χ1) is 11.2. The highest BCUT2D eigenvalue weighted by Crippen LogP contribution is 2.06. The molecule has 0 fully saturated rings. The van der Waals surface area contributed by atoms with E-state index >= 15 is 0 Å². The molecule has 2 heterocycles. The van der Waals surface area contributed by atoms with Gasteiger partial charge in [-0.25, -0.2) is 4.68 Å². The SMILES string of the molecule is Cc1nnnn1Cc1ccc(C(=O)NCCn2ccnn2)cc1. The number of aryl methyl sites for hydroxylation is 1. The number of tetrazole rings is 1. The molecule has 2 aromatic heterocycles. The van der Waals surface area contributed by atoms with Crippen molar-refractivity contribution in [3.05, 3.63) is 53.6 Å². The van der Waals surface area contributed by atoms with E-state index in [0.29, 0.717) is 25.2 Å². The quantitative estimate of drug-likeness (QED) is 0.690. The summed E-state index contributed by atoms with van der Waals surface area (Å²) in [6.45, 7) is 3.50. The third-order valence-corrected chi connectivity index (χ3v) is 3.36. The number of hydrogen-bond donors (Lipinski definition) is 1. The molecule has 0 unspecified atom stereocenters. The van der Waals surface area contributed by atoms with Crippen molar-refractivity contribution in [2.45, 2.75) is 20.0 Å². The number of amides is 1. The second-order valence-electron chi connectivity index (χ2n) is 5.00. The van der Waals surface area contributed by atoms with E-state index in [1.165, 1.54) is 0 Å². The van der Waals surface area contributed by atoms with Gasteiger partial charge in [0.05, 0.1) is 19.3 Å². The lowest BCUT2D eigenvalue weighted by molar-refractivity contribution is 0.0952. The molecule has 0 atom stereocenters. The van der Waals surface area contributed by atoms with Gasteiger partial charge in [0, 0.05) is 18.3 Å². The zero-order chi connectivity index (χ0) is 16.1. The van der Waals surface area contributed by atoms with E-state index < -0.39 is 0 Å². The van der Waals surface area contributed by atoms with Gasteiger partial charge < -0.3 is 5.32 Å². The minimum absolute atomic E-state index is 0.115. The van der Waals surface area contributed by atoms with Gasteiger partial charge in [0.2, 0.25) is 0 Å². The fraction of sp³-hybridized carbons (Fsp3) is 0.286. The number of carbonyl (C=O) groups excluding carboxylic acids is 1. The van der Waals surface area contributed by atoms with Gasteiger partial charge >= 0.3 is 0 Å². The third-order valence-electron chi connectivity index (χ3n) is 3.36. The third kappa shape index (κ3) is 3.76. The summed E-state index contributed by atoms with van der Waals surface area (Å²) >= 11 is 0. The number of benzene rings is 1. The summed E-state index contributed by atoms with van der Waals surface area (Å²) in [6.07, 6.45) is 3.36. The van der Waals surface area contributed by atoms with Crippen molar-refractivity contribution in [1.82, 2.24) is 40.5 Å². The Morgan fingerprint density at radius 3 is 2.70 bits per heavy atom. The molecular formula is C14H16N8O. The maximum absolute atomic E-state index is 12.1. The highest BCUT2D eigenvalue weighted by molar-refractivity contribution is 5.94. The second-order valence-corrected chi connectivity index (χ2v) is 5.00. The van der Waals surface area contributed by atoms with Gasteiger partial charge in [0.1, 0.15) is 5.82 Å². The lowest BCUT2D eigenvalue weighted by Gasteiger charge is -2.06. The molecule has 0 aliphatic rings. The van der Waals surface area contributed by atoms with E-state index in [-0.39, 0.29) is 5.91 Å². The molecule has 0 saturated heterocycles. The smallest absolute Gasteiger partial charge is 0.251 e. The van der Waals surface area contributed by atoms with Crippen molar-refractivity contribution in [2.75, 3.05) is 6.54 Å². The van der Waals surface area contributed by atoms with Crippen LogP contribution in [-0.2, 0) is 13.1 Å². The first-order valence-electron chi connectivity index (χ1n) is 7.16. The van der Waals surface area contributed by atoms with E-state index in [1.54, 1.807) is 33.9 Å². The average Bonchev–Trinajstić information content (AvgIpc) is 3.21. The minimum atomic E-state index is -0.115. The molecule has 23 heavy (non-hydrogen) atoms. The number of rotatable bonds is 6. The molecule has 1 amide bonds. The lowest BCUT2D eigenvalue weighted by Crippen LogP contribution is -2.27. The summed E-state index contributed by atoms with van der Waals surface area (Å²) in [5.41, 5.74) is 1.64. The molecule has 118 valence electrons. The maximum Gasteiger partial charge on any atom is 0.251 e. The number of carbonyl (C=O) groups is 1. The van der Waals surface area contributed by atoms with Crippen LogP contribution in [0.25, 0.3) is 0 Å². The van der Waals surface area contributed by atoms with Crippen molar-refractivity contribution < 1.29 is 4.79 Å². The molecule has 0 bridgehead atoms. The van der Waals surface area contributed by atoms with Crippen LogP contribution in [0, 0.1) is 6.92 Å². The van der Waals surface area contributed by atoms with Crippen molar-refractivity contribution in [2.24, 2.45) is 0 Å². The lowest BCUT2D eigenvalue weighted by atomic mass is 10.1. The molecule has 0 spiro atoms. The summed E-state index contributed by atoms with van der Waals surface area (Å²) in [7, 11) is 0. The van der Waals surface area contributed by atoms with Gasteiger partial charge in [-0.05, 0) is 35.0 Å². The zero-order valence-corrected chi connectivity index (χ0v) is 12.6. The molecular weight excluding hydrogens is 296 g/mol. The fourth-order valence-electron chi connectivity index (χ4n) is 2.07. The van der Waals surface area contributed by atoms with Gasteiger partial charge in [-0.3, -0.25) is 9.48 Å². The van der Waals surface area contributed by atoms with Gasteiger partial charge in [-0.2, -0.15) is 0 Å². The van der Waals surface area contributed by atoms with Gasteiger partial charge in [-0.15, -0.1) is 10.2 Å². The van der Waals surface area contributed by atoms with Gasteiger partial charge in [0.15, 0.2) is 0 Å². The number of nitrogens with zero attached hydrogens (tertiary/aromatic N) is 7. The first kappa shape index (κ1) is 14.8. The van der Waals surface area contributed by atoms with Gasteiger partial charge in [0.25, 0.3) is 5.91 Å². The van der Waals surface area contributed by atoms with E-state index in [9.17, 15) is 4.79 Å². The van der Waals surface area contributed by atoms with Crippen LogP contribution >= 0.6 is 0 Å². The largest absolute Gasteiger partial charge is 0.350 e. The highest BCUT2D eigenvalue weighted by atomic mass is 16.1. The Hall–Kier alpha value is -3.10. The molecule has 9 nitrogen and oxygen atoms in total. The summed E-state index contributed by atoms with van der Waals surface area (Å²) in [4.78, 5) is 12.1. The molecule has 9 heteroatoms. The van der Waals surface area contributed by atoms with Crippen LogP contribution in [-0.4, -0.2) is 47.7 Å². The van der Waals surface area contributed by atoms with Crippen molar-refractivity contribution in [1.29, 1.82) is 0 Å². The Morgan fingerprint density at radius 2 is 2.04 bits per heavy atom. The monoisotopic (exact) mass is 312 g/mol. The van der Waals surface area contributed by atoms with Crippen molar-refractivity contribution in [3.8, 4) is 0 Å². The molecule has 1 N–H and O–H groups in total. The highest BCUT2D eigenvalue weighted by Gasteiger charge is 2.06. The molecule has 3 rings (SSSR count). The Bertz CT molecular complexity index is 762. The van der Waals surface area contributed by atoms with Crippen LogP contribution in [0.15, 0.2) is 36.7 Å². The number of hydrogen-bond acceptors (Lipinski definition) is 6. The number of nitrogens with one attached hydrogen (secondary N) is 1. The normalized spacial score (nSPS) is 10.7. The van der Waals surface area contributed by atoms with E-state index in [1.807, 2.05) is 19.1 Å². The number of aromatic nitrogens is 7. The van der Waals surface area contributed by atoms with Crippen LogP contribution in [0.2, 0.25) is 0 Å². The second kappa shape index (κ2) is 6.77. The molecule has 3 aromatic rings. The summed E-state index contributed by atoms with van der Waals surface area (Å²) in [5.74, 6) is 0.634. The molecule has 1 aromatic carbocycles. The molecule has 0 aliphatic heterocycles. The Morgan fingerprint density at radius 1 is 1.22 bits per heavy atom. The summed E-state index contributed by atoms with van der Waals surface area (Å²) in [5, 5.41) is 21.7.